The van der Waals surface area contributed by atoms with Crippen molar-refractivity contribution in [2.24, 2.45) is 0 Å². The number of halogens is 2. The van der Waals surface area contributed by atoms with E-state index < -0.39 is 11.4 Å². The molecule has 0 atom stereocenters. The molecular weight excluding hydrogens is 323 g/mol. The van der Waals surface area contributed by atoms with E-state index in [1.54, 1.807) is 12.1 Å². The van der Waals surface area contributed by atoms with Crippen molar-refractivity contribution in [1.29, 1.82) is 0 Å². The minimum absolute atomic E-state index is 0.0284. The van der Waals surface area contributed by atoms with Crippen molar-refractivity contribution >= 4 is 21.9 Å². The van der Waals surface area contributed by atoms with Crippen molar-refractivity contribution < 1.29 is 14.3 Å². The summed E-state index contributed by atoms with van der Waals surface area (Å²) in [5, 5.41) is 9.72. The lowest BCUT2D eigenvalue weighted by molar-refractivity contribution is -0.145. The van der Waals surface area contributed by atoms with Crippen LogP contribution >= 0.6 is 15.9 Å². The Balaban J connectivity index is 2.57. The van der Waals surface area contributed by atoms with Crippen molar-refractivity contribution in [3.05, 3.63) is 33.5 Å². The maximum atomic E-state index is 14.1. The molecule has 1 aromatic carbocycles. The van der Waals surface area contributed by atoms with Gasteiger partial charge >= 0.3 is 5.97 Å². The van der Waals surface area contributed by atoms with Crippen LogP contribution in [0.5, 0.6) is 0 Å². The summed E-state index contributed by atoms with van der Waals surface area (Å²) in [6, 6.07) is 3.41. The Morgan fingerprint density at radius 2 is 1.90 bits per heavy atom. The molecule has 110 valence electrons. The highest BCUT2D eigenvalue weighted by atomic mass is 79.9. The third-order valence-electron chi connectivity index (χ3n) is 4.35. The van der Waals surface area contributed by atoms with Crippen LogP contribution in [0.15, 0.2) is 16.6 Å². The Labute approximate surface area is 127 Å². The van der Waals surface area contributed by atoms with Crippen LogP contribution in [0.2, 0.25) is 0 Å². The van der Waals surface area contributed by atoms with E-state index in [2.05, 4.69) is 15.9 Å². The SMILES string of the molecule is CC(C)c1cc(C2(C(=O)O)CCCCC2)cc(Br)c1F. The molecule has 1 aliphatic carbocycles. The first-order chi connectivity index (χ1) is 9.38. The largest absolute Gasteiger partial charge is 0.481 e. The molecule has 1 saturated carbocycles. The lowest BCUT2D eigenvalue weighted by Gasteiger charge is -2.34. The van der Waals surface area contributed by atoms with Crippen LogP contribution in [0.3, 0.4) is 0 Å². The molecular formula is C16H20BrFO2. The highest BCUT2D eigenvalue weighted by molar-refractivity contribution is 9.10. The Hall–Kier alpha value is -0.900. The van der Waals surface area contributed by atoms with Gasteiger partial charge < -0.3 is 5.11 Å². The zero-order valence-electron chi connectivity index (χ0n) is 11.9. The van der Waals surface area contributed by atoms with E-state index in [1.807, 2.05) is 13.8 Å². The zero-order chi connectivity index (χ0) is 14.9. The van der Waals surface area contributed by atoms with Crippen LogP contribution in [0.1, 0.15) is 63.0 Å². The quantitative estimate of drug-likeness (QED) is 0.839. The maximum absolute atomic E-state index is 14.1. The van der Waals surface area contributed by atoms with Gasteiger partial charge in [0.2, 0.25) is 0 Å². The first-order valence-electron chi connectivity index (χ1n) is 7.11. The van der Waals surface area contributed by atoms with Gasteiger partial charge in [-0.05, 0) is 51.9 Å². The van der Waals surface area contributed by atoms with Gasteiger partial charge in [0.05, 0.1) is 9.89 Å². The van der Waals surface area contributed by atoms with Crippen molar-refractivity contribution in [3.8, 4) is 0 Å². The van der Waals surface area contributed by atoms with Gasteiger partial charge in [-0.25, -0.2) is 4.39 Å². The van der Waals surface area contributed by atoms with E-state index in [0.29, 0.717) is 22.9 Å². The molecule has 0 aromatic heterocycles. The van der Waals surface area contributed by atoms with Gasteiger partial charge in [-0.2, -0.15) is 0 Å². The molecule has 2 rings (SSSR count). The molecule has 1 N–H and O–H groups in total. The lowest BCUT2D eigenvalue weighted by Crippen LogP contribution is -2.38. The predicted octanol–water partition coefficient (Wildman–Crippen LogP) is 5.00. The van der Waals surface area contributed by atoms with Crippen molar-refractivity contribution in [2.75, 3.05) is 0 Å². The van der Waals surface area contributed by atoms with Crippen molar-refractivity contribution in [3.63, 3.8) is 0 Å². The van der Waals surface area contributed by atoms with Gasteiger partial charge in [-0.3, -0.25) is 4.79 Å². The summed E-state index contributed by atoms with van der Waals surface area (Å²) < 4.78 is 14.5. The summed E-state index contributed by atoms with van der Waals surface area (Å²) in [6.45, 7) is 3.84. The standard InChI is InChI=1S/C16H20BrFO2/c1-10(2)12-8-11(9-13(17)14(12)18)16(15(19)20)6-4-3-5-7-16/h8-10H,3-7H2,1-2H3,(H,19,20). The van der Waals surface area contributed by atoms with Crippen LogP contribution in [-0.2, 0) is 10.2 Å². The van der Waals surface area contributed by atoms with Gasteiger partial charge in [0.25, 0.3) is 0 Å². The molecule has 2 nitrogen and oxygen atoms in total. The van der Waals surface area contributed by atoms with Crippen LogP contribution in [-0.4, -0.2) is 11.1 Å². The summed E-state index contributed by atoms with van der Waals surface area (Å²) in [5.74, 6) is -1.04. The summed E-state index contributed by atoms with van der Waals surface area (Å²) >= 11 is 3.24. The van der Waals surface area contributed by atoms with Gasteiger partial charge in [0, 0.05) is 0 Å². The third kappa shape index (κ3) is 2.62. The molecule has 0 spiro atoms. The van der Waals surface area contributed by atoms with Crippen molar-refractivity contribution in [2.45, 2.75) is 57.3 Å². The first-order valence-corrected chi connectivity index (χ1v) is 7.90. The molecule has 4 heteroatoms. The monoisotopic (exact) mass is 342 g/mol. The number of hydrogen-bond donors (Lipinski definition) is 1. The third-order valence-corrected chi connectivity index (χ3v) is 4.92. The molecule has 20 heavy (non-hydrogen) atoms. The van der Waals surface area contributed by atoms with E-state index in [4.69, 9.17) is 0 Å². The highest BCUT2D eigenvalue weighted by Gasteiger charge is 2.42. The molecule has 1 fully saturated rings. The van der Waals surface area contributed by atoms with Crippen LogP contribution < -0.4 is 0 Å². The lowest BCUT2D eigenvalue weighted by atomic mass is 9.69. The number of carboxylic acid groups (broad SMARTS) is 1. The molecule has 0 radical (unpaired) electrons. The number of benzene rings is 1. The van der Waals surface area contributed by atoms with Crippen LogP contribution in [0.25, 0.3) is 0 Å². The first kappa shape index (κ1) is 15.5. The predicted molar refractivity (Wildman–Crippen MR) is 80.6 cm³/mol. The fourth-order valence-corrected chi connectivity index (χ4v) is 3.56. The van der Waals surface area contributed by atoms with Gasteiger partial charge in [-0.15, -0.1) is 0 Å². The van der Waals surface area contributed by atoms with E-state index >= 15 is 0 Å². The second-order valence-corrected chi connectivity index (χ2v) is 6.82. The van der Waals surface area contributed by atoms with E-state index in [1.165, 1.54) is 0 Å². The van der Waals surface area contributed by atoms with E-state index in [0.717, 1.165) is 24.8 Å². The second-order valence-electron chi connectivity index (χ2n) is 5.96. The van der Waals surface area contributed by atoms with Crippen molar-refractivity contribution in [1.82, 2.24) is 0 Å². The summed E-state index contributed by atoms with van der Waals surface area (Å²) in [6.07, 6.45) is 4.18. The van der Waals surface area contributed by atoms with Crippen LogP contribution in [0.4, 0.5) is 4.39 Å². The number of carboxylic acids is 1. The van der Waals surface area contributed by atoms with Crippen LogP contribution in [0, 0.1) is 5.82 Å². The van der Waals surface area contributed by atoms with E-state index in [-0.39, 0.29) is 11.7 Å². The minimum Gasteiger partial charge on any atom is -0.481 e. The minimum atomic E-state index is -0.849. The fraction of sp³-hybridized carbons (Fsp3) is 0.562. The number of rotatable bonds is 3. The average molecular weight is 343 g/mol. The van der Waals surface area contributed by atoms with Gasteiger partial charge in [0.15, 0.2) is 0 Å². The molecule has 1 aliphatic rings. The molecule has 1 aromatic rings. The summed E-state index contributed by atoms with van der Waals surface area (Å²) in [7, 11) is 0. The topological polar surface area (TPSA) is 37.3 Å². The molecule has 0 saturated heterocycles. The summed E-state index contributed by atoms with van der Waals surface area (Å²) in [5.41, 5.74) is 0.472. The molecule has 0 aliphatic heterocycles. The zero-order valence-corrected chi connectivity index (χ0v) is 13.5. The Morgan fingerprint density at radius 3 is 2.40 bits per heavy atom. The van der Waals surface area contributed by atoms with E-state index in [9.17, 15) is 14.3 Å². The molecule has 0 heterocycles. The Kier molecular flexibility index (Phi) is 4.52. The normalized spacial score (nSPS) is 18.2. The smallest absolute Gasteiger partial charge is 0.314 e. The average Bonchev–Trinajstić information content (AvgIpc) is 2.41. The Bertz CT molecular complexity index is 519. The molecule has 0 amide bonds. The summed E-state index contributed by atoms with van der Waals surface area (Å²) in [4.78, 5) is 11.8. The number of hydrogen-bond acceptors (Lipinski definition) is 1. The molecule has 0 unspecified atom stereocenters. The maximum Gasteiger partial charge on any atom is 0.314 e. The number of carbonyl (C=O) groups is 1. The fourth-order valence-electron chi connectivity index (χ4n) is 3.09. The Morgan fingerprint density at radius 1 is 1.30 bits per heavy atom. The highest BCUT2D eigenvalue weighted by Crippen LogP contribution is 2.42. The molecule has 0 bridgehead atoms. The number of aliphatic carboxylic acids is 1. The van der Waals surface area contributed by atoms with Gasteiger partial charge in [0.1, 0.15) is 5.82 Å². The second kappa shape index (κ2) is 5.84. The van der Waals surface area contributed by atoms with Gasteiger partial charge in [-0.1, -0.05) is 39.2 Å².